The molecule has 4 aromatic heterocycles. The van der Waals surface area contributed by atoms with Gasteiger partial charge in [-0.2, -0.15) is 5.10 Å². The Morgan fingerprint density at radius 2 is 1.94 bits per heavy atom. The second-order valence-corrected chi connectivity index (χ2v) is 7.05. The number of nitrogens with one attached hydrogen (secondary N) is 2. The highest BCUT2D eigenvalue weighted by molar-refractivity contribution is 5.91. The van der Waals surface area contributed by atoms with E-state index < -0.39 is 0 Å². The third-order valence-corrected chi connectivity index (χ3v) is 4.97. The number of aromatic nitrogens is 6. The predicted octanol–water partition coefficient (Wildman–Crippen LogP) is 3.71. The Morgan fingerprint density at radius 1 is 1.12 bits per heavy atom. The van der Waals surface area contributed by atoms with Crippen LogP contribution in [0.25, 0.3) is 46.5 Å². The van der Waals surface area contributed by atoms with Crippen molar-refractivity contribution >= 4 is 29.9 Å². The van der Waals surface area contributed by atoms with Gasteiger partial charge in [0.1, 0.15) is 11.2 Å². The molecule has 4 rings (SSSR count). The first-order valence-corrected chi connectivity index (χ1v) is 10.1. The molecule has 0 spiro atoms. The maximum Gasteiger partial charge on any atom is 0.159 e. The molecule has 7 nitrogen and oxygen atoms in total. The van der Waals surface area contributed by atoms with E-state index in [-0.39, 0.29) is 0 Å². The van der Waals surface area contributed by atoms with E-state index in [1.165, 1.54) is 0 Å². The molecular formula is C25H23N7. The first-order valence-electron chi connectivity index (χ1n) is 10.1. The monoisotopic (exact) mass is 421 g/mol. The van der Waals surface area contributed by atoms with E-state index in [1.807, 2.05) is 50.3 Å². The quantitative estimate of drug-likeness (QED) is 0.366. The van der Waals surface area contributed by atoms with Crippen molar-refractivity contribution < 1.29 is 0 Å². The normalized spacial score (nSPS) is 13.4. The number of imidazole rings is 1. The Hall–Kier alpha value is -4.39. The molecule has 4 aromatic rings. The number of allylic oxidation sites excluding steroid dienone is 4. The molecule has 0 radical (unpaired) electrons. The molecule has 7 heteroatoms. The SMILES string of the molecule is C=CC=NC(=C\C)/C(C)=C/C=c1/[nH]nc(-c2nc3c(-c4ccncc4)nccc3[nH]2)c1=C. The molecule has 0 amide bonds. The van der Waals surface area contributed by atoms with Crippen molar-refractivity contribution in [3.63, 3.8) is 0 Å². The zero-order valence-corrected chi connectivity index (χ0v) is 18.0. The lowest BCUT2D eigenvalue weighted by molar-refractivity contribution is 1.06. The van der Waals surface area contributed by atoms with Crippen LogP contribution in [0.2, 0.25) is 0 Å². The fourth-order valence-corrected chi connectivity index (χ4v) is 3.31. The smallest absolute Gasteiger partial charge is 0.159 e. The number of pyridine rings is 2. The molecule has 0 bridgehead atoms. The van der Waals surface area contributed by atoms with Gasteiger partial charge in [-0.25, -0.2) is 4.98 Å². The lowest BCUT2D eigenvalue weighted by atomic mass is 10.1. The summed E-state index contributed by atoms with van der Waals surface area (Å²) in [5.41, 5.74) is 5.94. The number of hydrogen-bond donors (Lipinski definition) is 2. The summed E-state index contributed by atoms with van der Waals surface area (Å²) < 4.78 is 0. The van der Waals surface area contributed by atoms with Crippen molar-refractivity contribution in [2.45, 2.75) is 13.8 Å². The van der Waals surface area contributed by atoms with Crippen LogP contribution in [0.4, 0.5) is 0 Å². The van der Waals surface area contributed by atoms with Crippen LogP contribution in [0.1, 0.15) is 13.8 Å². The molecule has 0 aliphatic heterocycles. The zero-order valence-electron chi connectivity index (χ0n) is 18.0. The van der Waals surface area contributed by atoms with Crippen LogP contribution in [0, 0.1) is 0 Å². The summed E-state index contributed by atoms with van der Waals surface area (Å²) in [6.07, 6.45) is 14.4. The van der Waals surface area contributed by atoms with E-state index in [1.54, 1.807) is 30.9 Å². The first-order chi connectivity index (χ1) is 15.6. The number of H-pyrrole nitrogens is 2. The fraction of sp³-hybridized carbons (Fsp3) is 0.0800. The van der Waals surface area contributed by atoms with Gasteiger partial charge in [0.25, 0.3) is 0 Å². The Kier molecular flexibility index (Phi) is 5.98. The molecule has 0 atom stereocenters. The zero-order chi connectivity index (χ0) is 22.5. The number of hydrogen-bond acceptors (Lipinski definition) is 5. The maximum atomic E-state index is 4.78. The van der Waals surface area contributed by atoms with Crippen LogP contribution in [0.15, 0.2) is 77.9 Å². The molecule has 32 heavy (non-hydrogen) atoms. The summed E-state index contributed by atoms with van der Waals surface area (Å²) in [7, 11) is 0. The minimum Gasteiger partial charge on any atom is -0.336 e. The van der Waals surface area contributed by atoms with E-state index in [9.17, 15) is 0 Å². The molecule has 0 fully saturated rings. The summed E-state index contributed by atoms with van der Waals surface area (Å²) in [6.45, 7) is 11.8. The highest BCUT2D eigenvalue weighted by atomic mass is 15.1. The highest BCUT2D eigenvalue weighted by Crippen LogP contribution is 2.25. The summed E-state index contributed by atoms with van der Waals surface area (Å²) in [5.74, 6) is 0.634. The molecule has 0 aromatic carbocycles. The van der Waals surface area contributed by atoms with Crippen molar-refractivity contribution in [3.8, 4) is 22.8 Å². The Labute approximate surface area is 185 Å². The molecule has 4 heterocycles. The topological polar surface area (TPSA) is 95.5 Å². The second-order valence-electron chi connectivity index (χ2n) is 7.05. The third-order valence-electron chi connectivity index (χ3n) is 4.97. The van der Waals surface area contributed by atoms with E-state index >= 15 is 0 Å². The summed E-state index contributed by atoms with van der Waals surface area (Å²) in [4.78, 5) is 21.1. The molecule has 0 aliphatic carbocycles. The van der Waals surface area contributed by atoms with Crippen LogP contribution in [0.3, 0.4) is 0 Å². The number of nitrogens with zero attached hydrogens (tertiary/aromatic N) is 5. The Bertz CT molecular complexity index is 1470. The molecule has 0 saturated carbocycles. The average molecular weight is 422 g/mol. The number of aliphatic imine (C=N–C) groups is 1. The van der Waals surface area contributed by atoms with E-state index in [0.29, 0.717) is 11.5 Å². The highest BCUT2D eigenvalue weighted by Gasteiger charge is 2.13. The lowest BCUT2D eigenvalue weighted by Gasteiger charge is -1.99. The minimum atomic E-state index is 0.634. The Morgan fingerprint density at radius 3 is 2.69 bits per heavy atom. The molecule has 158 valence electrons. The maximum absolute atomic E-state index is 4.78. The van der Waals surface area contributed by atoms with Gasteiger partial charge in [-0.3, -0.25) is 20.1 Å². The van der Waals surface area contributed by atoms with Gasteiger partial charge in [0.05, 0.1) is 22.3 Å². The predicted molar refractivity (Wildman–Crippen MR) is 130 cm³/mol. The van der Waals surface area contributed by atoms with Crippen LogP contribution in [-0.2, 0) is 0 Å². The minimum absolute atomic E-state index is 0.634. The van der Waals surface area contributed by atoms with Crippen LogP contribution < -0.4 is 10.6 Å². The summed E-state index contributed by atoms with van der Waals surface area (Å²) in [6, 6.07) is 5.72. The van der Waals surface area contributed by atoms with E-state index in [4.69, 9.17) is 4.98 Å². The average Bonchev–Trinajstić information content (AvgIpc) is 3.41. The van der Waals surface area contributed by atoms with Crippen molar-refractivity contribution in [2.75, 3.05) is 0 Å². The lowest BCUT2D eigenvalue weighted by Crippen LogP contribution is -2.21. The Balaban J connectivity index is 1.73. The molecule has 0 saturated heterocycles. The van der Waals surface area contributed by atoms with Gasteiger partial charge in [-0.15, -0.1) is 0 Å². The first kappa shape index (κ1) is 20.9. The fourth-order valence-electron chi connectivity index (χ4n) is 3.31. The van der Waals surface area contributed by atoms with Gasteiger partial charge in [0.2, 0.25) is 0 Å². The van der Waals surface area contributed by atoms with Crippen molar-refractivity contribution in [3.05, 3.63) is 83.4 Å². The van der Waals surface area contributed by atoms with Crippen molar-refractivity contribution in [2.24, 2.45) is 4.99 Å². The van der Waals surface area contributed by atoms with Gasteiger partial charge in [0, 0.05) is 35.6 Å². The van der Waals surface area contributed by atoms with E-state index in [0.717, 1.165) is 44.1 Å². The van der Waals surface area contributed by atoms with Crippen LogP contribution in [0.5, 0.6) is 0 Å². The van der Waals surface area contributed by atoms with Crippen LogP contribution in [-0.4, -0.2) is 36.3 Å². The molecule has 2 N–H and O–H groups in total. The number of rotatable bonds is 6. The molecule has 0 unspecified atom stereocenters. The molecular weight excluding hydrogens is 398 g/mol. The standard InChI is InChI=1S/C25H23N7/c1-5-12-27-19(6-2)16(3)7-8-20-17(4)22(32-31-20)25-29-21-11-15-28-23(24(21)30-25)18-9-13-26-14-10-18/h5-15,31H,1,4H2,2-3H3,(H,29,30)/b16-7+,19-6-,20-8+,27-12?. The molecule has 0 aliphatic rings. The van der Waals surface area contributed by atoms with Gasteiger partial charge < -0.3 is 4.98 Å². The van der Waals surface area contributed by atoms with Gasteiger partial charge in [-0.1, -0.05) is 31.4 Å². The largest absolute Gasteiger partial charge is 0.336 e. The van der Waals surface area contributed by atoms with E-state index in [2.05, 4.69) is 43.3 Å². The van der Waals surface area contributed by atoms with Gasteiger partial charge in [0.15, 0.2) is 5.82 Å². The van der Waals surface area contributed by atoms with Gasteiger partial charge >= 0.3 is 0 Å². The summed E-state index contributed by atoms with van der Waals surface area (Å²) in [5, 5.41) is 9.05. The van der Waals surface area contributed by atoms with Crippen molar-refractivity contribution in [1.29, 1.82) is 0 Å². The number of aromatic amines is 2. The van der Waals surface area contributed by atoms with Crippen molar-refractivity contribution in [1.82, 2.24) is 30.1 Å². The van der Waals surface area contributed by atoms with Crippen LogP contribution >= 0.6 is 0 Å². The number of fused-ring (bicyclic) bond motifs is 1. The van der Waals surface area contributed by atoms with Gasteiger partial charge in [-0.05, 0) is 43.7 Å². The second kappa shape index (κ2) is 9.18. The third kappa shape index (κ3) is 4.09. The summed E-state index contributed by atoms with van der Waals surface area (Å²) >= 11 is 0.